The molecule has 7 nitrogen and oxygen atoms in total. The molecule has 2 aromatic rings. The number of piperidine rings is 1. The van der Waals surface area contributed by atoms with E-state index in [1.54, 1.807) is 0 Å². The number of nitrogens with one attached hydrogen (secondary N) is 1. The molecule has 2 aromatic heterocycles. The molecular formula is C23H33N5O2. The Bertz CT molecular complexity index is 903. The topological polar surface area (TPSA) is 66.4 Å². The Morgan fingerprint density at radius 1 is 1.23 bits per heavy atom. The van der Waals surface area contributed by atoms with Crippen molar-refractivity contribution >= 4 is 0 Å². The van der Waals surface area contributed by atoms with Gasteiger partial charge >= 0.3 is 0 Å². The van der Waals surface area contributed by atoms with Crippen molar-refractivity contribution in [2.45, 2.75) is 44.8 Å². The molecule has 2 bridgehead atoms. The van der Waals surface area contributed by atoms with Crippen LogP contribution < -0.4 is 5.56 Å². The van der Waals surface area contributed by atoms with Gasteiger partial charge in [0.1, 0.15) is 5.82 Å². The van der Waals surface area contributed by atoms with E-state index in [0.29, 0.717) is 17.8 Å². The first-order valence-corrected chi connectivity index (χ1v) is 11.3. The van der Waals surface area contributed by atoms with Gasteiger partial charge in [-0.15, -0.1) is 0 Å². The predicted octanol–water partition coefficient (Wildman–Crippen LogP) is 2.05. The molecular weight excluding hydrogens is 378 g/mol. The molecule has 0 saturated carbocycles. The molecule has 0 unspecified atom stereocenters. The summed E-state index contributed by atoms with van der Waals surface area (Å²) in [5.74, 6) is 2.69. The average Bonchev–Trinajstić information content (AvgIpc) is 3.24. The van der Waals surface area contributed by atoms with Crippen molar-refractivity contribution in [3.05, 3.63) is 52.0 Å². The van der Waals surface area contributed by atoms with Gasteiger partial charge in [-0.1, -0.05) is 6.07 Å². The molecule has 2 saturated heterocycles. The lowest BCUT2D eigenvalue weighted by Gasteiger charge is -2.42. The van der Waals surface area contributed by atoms with Crippen LogP contribution in [0.2, 0.25) is 0 Å². The lowest BCUT2D eigenvalue weighted by atomic mass is 9.83. The highest BCUT2D eigenvalue weighted by Gasteiger charge is 2.35. The van der Waals surface area contributed by atoms with E-state index in [-0.39, 0.29) is 5.56 Å². The van der Waals surface area contributed by atoms with Crippen LogP contribution in [0.1, 0.15) is 42.3 Å². The second kappa shape index (κ2) is 8.65. The molecule has 7 heteroatoms. The number of hydrogen-bond donors (Lipinski definition) is 1. The monoisotopic (exact) mass is 411 g/mol. The lowest BCUT2D eigenvalue weighted by Crippen LogP contribution is -2.47. The molecule has 1 N–H and O–H groups in total. The largest absolute Gasteiger partial charge is 0.381 e. The highest BCUT2D eigenvalue weighted by Crippen LogP contribution is 2.35. The van der Waals surface area contributed by atoms with Crippen LogP contribution in [-0.4, -0.2) is 64.2 Å². The number of aromatic amines is 1. The predicted molar refractivity (Wildman–Crippen MR) is 115 cm³/mol. The quantitative estimate of drug-likeness (QED) is 0.788. The Morgan fingerprint density at radius 2 is 2.10 bits per heavy atom. The number of pyridine rings is 1. The molecule has 3 aliphatic heterocycles. The van der Waals surface area contributed by atoms with Gasteiger partial charge in [0.15, 0.2) is 0 Å². The summed E-state index contributed by atoms with van der Waals surface area (Å²) in [5, 5.41) is 0. The maximum Gasteiger partial charge on any atom is 0.255 e. The van der Waals surface area contributed by atoms with Gasteiger partial charge in [0.2, 0.25) is 0 Å². The number of ether oxygens (including phenoxy) is 1. The Hall–Kier alpha value is -1.96. The summed E-state index contributed by atoms with van der Waals surface area (Å²) < 4.78 is 7.56. The van der Waals surface area contributed by atoms with Crippen molar-refractivity contribution in [2.24, 2.45) is 11.8 Å². The third kappa shape index (κ3) is 4.24. The molecule has 5 rings (SSSR count). The van der Waals surface area contributed by atoms with Crippen LogP contribution in [0.15, 0.2) is 29.3 Å². The standard InChI is InChI=1S/C23H33N5O2/c1-26(11-17-4-8-30-9-5-17)14-19-2-3-21-20-10-18(13-28(21)23(19)29)12-27(15-20)16-22-24-6-7-25-22/h2-3,6-7,17-18,20H,4-5,8-16H2,1H3,(H,24,25)/t18-,20+/m0/s1. The summed E-state index contributed by atoms with van der Waals surface area (Å²) in [4.78, 5) is 25.7. The van der Waals surface area contributed by atoms with E-state index in [1.165, 1.54) is 12.1 Å². The van der Waals surface area contributed by atoms with Crippen LogP contribution >= 0.6 is 0 Å². The number of aromatic nitrogens is 3. The summed E-state index contributed by atoms with van der Waals surface area (Å²) in [5.41, 5.74) is 2.37. The summed E-state index contributed by atoms with van der Waals surface area (Å²) in [6, 6.07) is 4.30. The van der Waals surface area contributed by atoms with Gasteiger partial charge in [0, 0.05) is 75.5 Å². The highest BCUT2D eigenvalue weighted by molar-refractivity contribution is 5.22. The van der Waals surface area contributed by atoms with Crippen LogP contribution in [0.25, 0.3) is 0 Å². The van der Waals surface area contributed by atoms with Crippen molar-refractivity contribution in [1.82, 2.24) is 24.3 Å². The third-order valence-corrected chi connectivity index (χ3v) is 7.04. The van der Waals surface area contributed by atoms with Gasteiger partial charge in [-0.25, -0.2) is 4.98 Å². The number of nitrogens with zero attached hydrogens (tertiary/aromatic N) is 4. The zero-order chi connectivity index (χ0) is 20.5. The minimum Gasteiger partial charge on any atom is -0.381 e. The van der Waals surface area contributed by atoms with Gasteiger partial charge in [-0.05, 0) is 44.2 Å². The molecule has 3 aliphatic rings. The van der Waals surface area contributed by atoms with Gasteiger partial charge in [0.05, 0.1) is 6.54 Å². The first-order valence-electron chi connectivity index (χ1n) is 11.3. The third-order valence-electron chi connectivity index (χ3n) is 7.04. The maximum absolute atomic E-state index is 13.3. The zero-order valence-electron chi connectivity index (χ0n) is 17.9. The number of rotatable bonds is 6. The lowest BCUT2D eigenvalue weighted by molar-refractivity contribution is 0.0549. The maximum atomic E-state index is 13.3. The van der Waals surface area contributed by atoms with Crippen molar-refractivity contribution in [3.8, 4) is 0 Å². The van der Waals surface area contributed by atoms with Crippen molar-refractivity contribution in [2.75, 3.05) is 39.9 Å². The summed E-state index contributed by atoms with van der Waals surface area (Å²) in [7, 11) is 2.14. The van der Waals surface area contributed by atoms with Crippen LogP contribution in [0.3, 0.4) is 0 Å². The molecule has 0 spiro atoms. The number of likely N-dealkylation sites (tertiary alicyclic amines) is 1. The van der Waals surface area contributed by atoms with E-state index in [0.717, 1.165) is 76.7 Å². The van der Waals surface area contributed by atoms with Crippen LogP contribution in [0, 0.1) is 11.8 Å². The summed E-state index contributed by atoms with van der Waals surface area (Å²) >= 11 is 0. The molecule has 5 heterocycles. The van der Waals surface area contributed by atoms with Gasteiger partial charge < -0.3 is 19.2 Å². The van der Waals surface area contributed by atoms with Crippen molar-refractivity contribution in [3.63, 3.8) is 0 Å². The fourth-order valence-electron chi connectivity index (χ4n) is 5.66. The second-order valence-electron chi connectivity index (χ2n) is 9.48. The molecule has 0 aromatic carbocycles. The summed E-state index contributed by atoms with van der Waals surface area (Å²) in [6.45, 7) is 7.26. The first-order chi connectivity index (χ1) is 14.7. The molecule has 30 heavy (non-hydrogen) atoms. The molecule has 162 valence electrons. The normalized spacial score (nSPS) is 24.9. The van der Waals surface area contributed by atoms with E-state index in [4.69, 9.17) is 4.74 Å². The highest BCUT2D eigenvalue weighted by atomic mass is 16.5. The van der Waals surface area contributed by atoms with E-state index < -0.39 is 0 Å². The molecule has 0 amide bonds. The van der Waals surface area contributed by atoms with Gasteiger partial charge in [0.25, 0.3) is 5.56 Å². The van der Waals surface area contributed by atoms with Crippen molar-refractivity contribution < 1.29 is 4.74 Å². The molecule has 2 atom stereocenters. The second-order valence-corrected chi connectivity index (χ2v) is 9.48. The van der Waals surface area contributed by atoms with Crippen molar-refractivity contribution in [1.29, 1.82) is 0 Å². The minimum absolute atomic E-state index is 0.223. The number of fused-ring (bicyclic) bond motifs is 4. The molecule has 0 radical (unpaired) electrons. The molecule has 2 fully saturated rings. The van der Waals surface area contributed by atoms with Gasteiger partial charge in [-0.3, -0.25) is 9.69 Å². The number of hydrogen-bond acceptors (Lipinski definition) is 5. The molecule has 0 aliphatic carbocycles. The van der Waals surface area contributed by atoms with Crippen LogP contribution in [-0.2, 0) is 24.4 Å². The SMILES string of the molecule is CN(Cc1ccc2n(c1=O)C[C@H]1C[C@@H]2CN(Cc2ncc[nH]2)C1)CC1CCOCC1. The van der Waals surface area contributed by atoms with E-state index in [1.807, 2.05) is 12.4 Å². The van der Waals surface area contributed by atoms with E-state index in [2.05, 4.69) is 43.5 Å². The summed E-state index contributed by atoms with van der Waals surface area (Å²) in [6.07, 6.45) is 7.15. The Kier molecular flexibility index (Phi) is 5.76. The van der Waals surface area contributed by atoms with Gasteiger partial charge in [-0.2, -0.15) is 0 Å². The number of imidazole rings is 1. The van der Waals surface area contributed by atoms with Crippen LogP contribution in [0.4, 0.5) is 0 Å². The van der Waals surface area contributed by atoms with Crippen LogP contribution in [0.5, 0.6) is 0 Å². The Labute approximate surface area is 178 Å². The Balaban J connectivity index is 1.27. The fourth-order valence-corrected chi connectivity index (χ4v) is 5.66. The minimum atomic E-state index is 0.223. The van der Waals surface area contributed by atoms with E-state index >= 15 is 0 Å². The first kappa shape index (κ1) is 20.0. The average molecular weight is 412 g/mol. The Morgan fingerprint density at radius 3 is 2.90 bits per heavy atom. The number of H-pyrrole nitrogens is 1. The smallest absolute Gasteiger partial charge is 0.255 e. The zero-order valence-corrected chi connectivity index (χ0v) is 17.9. The van der Waals surface area contributed by atoms with E-state index in [9.17, 15) is 4.79 Å². The fraction of sp³-hybridized carbons (Fsp3) is 0.652.